The molecule has 2 aromatic heterocycles. The first-order chi connectivity index (χ1) is 12.2. The van der Waals surface area contributed by atoms with Gasteiger partial charge in [-0.05, 0) is 32.0 Å². The number of nitrogens with one attached hydrogen (secondary N) is 1. The lowest BCUT2D eigenvalue weighted by molar-refractivity contribution is 0.103. The molecule has 1 N–H and O–H groups in total. The summed E-state index contributed by atoms with van der Waals surface area (Å²) >= 11 is 9.26. The Kier molecular flexibility index (Phi) is 5.03. The number of nitrogens with zero attached hydrogens (tertiary/aromatic N) is 2. The number of hydrogen-bond acceptors (Lipinski definition) is 5. The van der Waals surface area contributed by atoms with Crippen molar-refractivity contribution in [2.45, 2.75) is 25.8 Å². The van der Waals surface area contributed by atoms with Crippen LogP contribution in [0.25, 0.3) is 10.1 Å². The second-order valence-corrected chi connectivity index (χ2v) is 8.46. The van der Waals surface area contributed by atoms with Gasteiger partial charge in [-0.1, -0.05) is 36.2 Å². The number of anilines is 1. The molecule has 0 aliphatic carbocycles. The third kappa shape index (κ3) is 3.72. The van der Waals surface area contributed by atoms with Gasteiger partial charge in [-0.15, -0.1) is 22.7 Å². The number of amides is 1. The highest BCUT2D eigenvalue weighted by Crippen LogP contribution is 2.35. The third-order valence-electron chi connectivity index (χ3n) is 4.35. The van der Waals surface area contributed by atoms with Crippen LogP contribution < -0.4 is 5.32 Å². The Morgan fingerprint density at radius 2 is 2.04 bits per heavy atom. The first kappa shape index (κ1) is 17.0. The van der Waals surface area contributed by atoms with Gasteiger partial charge < -0.3 is 0 Å². The molecule has 7 heteroatoms. The highest BCUT2D eigenvalue weighted by atomic mass is 35.5. The van der Waals surface area contributed by atoms with Gasteiger partial charge in [-0.3, -0.25) is 15.0 Å². The standard InChI is InChI=1S/C18H18ClN3OS2/c19-15-13-6-2-3-7-14(13)25-16(15)17(23)21-18-20-12(11-24-18)10-22-8-4-1-5-9-22/h2-3,6-7,11H,1,4-5,8-10H2,(H,20,21,23). The second-order valence-electron chi connectivity index (χ2n) is 6.18. The Morgan fingerprint density at radius 3 is 2.84 bits per heavy atom. The lowest BCUT2D eigenvalue weighted by Gasteiger charge is -2.25. The Balaban J connectivity index is 1.46. The van der Waals surface area contributed by atoms with E-state index in [9.17, 15) is 4.79 Å². The maximum Gasteiger partial charge on any atom is 0.269 e. The fraction of sp³-hybridized carbons (Fsp3) is 0.333. The van der Waals surface area contributed by atoms with Crippen LogP contribution in [0.1, 0.15) is 34.6 Å². The molecule has 3 aromatic rings. The van der Waals surface area contributed by atoms with Crippen LogP contribution in [0, 0.1) is 0 Å². The number of thiophene rings is 1. The van der Waals surface area contributed by atoms with Crippen molar-refractivity contribution in [3.8, 4) is 0 Å². The molecule has 0 bridgehead atoms. The summed E-state index contributed by atoms with van der Waals surface area (Å²) < 4.78 is 1.02. The van der Waals surface area contributed by atoms with Gasteiger partial charge in [0.15, 0.2) is 5.13 Å². The number of carbonyl (C=O) groups is 1. The normalized spacial score (nSPS) is 15.6. The largest absolute Gasteiger partial charge is 0.297 e. The maximum atomic E-state index is 12.6. The minimum atomic E-state index is -0.190. The van der Waals surface area contributed by atoms with E-state index in [1.165, 1.54) is 41.9 Å². The number of carbonyl (C=O) groups excluding carboxylic acids is 1. The van der Waals surface area contributed by atoms with Crippen LogP contribution in [0.3, 0.4) is 0 Å². The summed E-state index contributed by atoms with van der Waals surface area (Å²) in [4.78, 5) is 20.1. The van der Waals surface area contributed by atoms with Crippen molar-refractivity contribution in [2.75, 3.05) is 18.4 Å². The average Bonchev–Trinajstić information content (AvgIpc) is 3.20. The predicted molar refractivity (Wildman–Crippen MR) is 106 cm³/mol. The zero-order chi connectivity index (χ0) is 17.2. The van der Waals surface area contributed by atoms with Gasteiger partial charge in [0.05, 0.1) is 10.7 Å². The summed E-state index contributed by atoms with van der Waals surface area (Å²) in [6.45, 7) is 3.13. The van der Waals surface area contributed by atoms with Crippen molar-refractivity contribution in [1.82, 2.24) is 9.88 Å². The molecular formula is C18H18ClN3OS2. The second kappa shape index (κ2) is 7.41. The fourth-order valence-corrected chi connectivity index (χ4v) is 5.21. The summed E-state index contributed by atoms with van der Waals surface area (Å²) in [5.74, 6) is -0.190. The third-order valence-corrected chi connectivity index (χ3v) is 6.83. The number of hydrogen-bond donors (Lipinski definition) is 1. The van der Waals surface area contributed by atoms with E-state index < -0.39 is 0 Å². The highest BCUT2D eigenvalue weighted by molar-refractivity contribution is 7.21. The van der Waals surface area contributed by atoms with Crippen molar-refractivity contribution in [1.29, 1.82) is 0 Å². The van der Waals surface area contributed by atoms with E-state index in [0.717, 1.165) is 35.4 Å². The van der Waals surface area contributed by atoms with Gasteiger partial charge in [-0.2, -0.15) is 0 Å². The number of likely N-dealkylation sites (tertiary alicyclic amines) is 1. The van der Waals surface area contributed by atoms with E-state index >= 15 is 0 Å². The molecule has 0 radical (unpaired) electrons. The Morgan fingerprint density at radius 1 is 1.24 bits per heavy atom. The molecule has 3 heterocycles. The first-order valence-electron chi connectivity index (χ1n) is 8.36. The molecule has 0 spiro atoms. The molecule has 1 aliphatic rings. The topological polar surface area (TPSA) is 45.2 Å². The van der Waals surface area contributed by atoms with Crippen molar-refractivity contribution < 1.29 is 4.79 Å². The maximum absolute atomic E-state index is 12.6. The molecular weight excluding hydrogens is 374 g/mol. The monoisotopic (exact) mass is 391 g/mol. The molecule has 1 saturated heterocycles. The molecule has 4 rings (SSSR count). The Labute approximate surface area is 159 Å². The van der Waals surface area contributed by atoms with E-state index in [0.29, 0.717) is 15.0 Å². The van der Waals surface area contributed by atoms with E-state index in [1.807, 2.05) is 29.6 Å². The van der Waals surface area contributed by atoms with E-state index in [2.05, 4.69) is 15.2 Å². The predicted octanol–water partition coefficient (Wildman–Crippen LogP) is 5.25. The van der Waals surface area contributed by atoms with E-state index in [1.54, 1.807) is 0 Å². The SMILES string of the molecule is O=C(Nc1nc(CN2CCCCC2)cs1)c1sc2ccccc2c1Cl. The average molecular weight is 392 g/mol. The number of benzene rings is 1. The summed E-state index contributed by atoms with van der Waals surface area (Å²) in [5, 5.41) is 6.99. The van der Waals surface area contributed by atoms with Crippen LogP contribution in [0.4, 0.5) is 5.13 Å². The van der Waals surface area contributed by atoms with Crippen LogP contribution >= 0.6 is 34.3 Å². The van der Waals surface area contributed by atoms with Crippen molar-refractivity contribution in [2.24, 2.45) is 0 Å². The number of fused-ring (bicyclic) bond motifs is 1. The van der Waals surface area contributed by atoms with Crippen LogP contribution in [0.2, 0.25) is 5.02 Å². The van der Waals surface area contributed by atoms with Crippen LogP contribution in [-0.2, 0) is 6.54 Å². The number of thiazole rings is 1. The molecule has 0 unspecified atom stereocenters. The summed E-state index contributed by atoms with van der Waals surface area (Å²) in [6, 6.07) is 7.79. The fourth-order valence-electron chi connectivity index (χ4n) is 3.10. The zero-order valence-corrected chi connectivity index (χ0v) is 16.0. The number of aromatic nitrogens is 1. The van der Waals surface area contributed by atoms with Crippen LogP contribution in [-0.4, -0.2) is 28.9 Å². The Hall–Kier alpha value is -1.47. The van der Waals surface area contributed by atoms with E-state index in [4.69, 9.17) is 11.6 Å². The number of halogens is 1. The van der Waals surface area contributed by atoms with Crippen LogP contribution in [0.15, 0.2) is 29.6 Å². The molecule has 1 aromatic carbocycles. The molecule has 1 amide bonds. The minimum absolute atomic E-state index is 0.190. The molecule has 1 fully saturated rings. The first-order valence-corrected chi connectivity index (χ1v) is 10.4. The molecule has 0 saturated carbocycles. The number of rotatable bonds is 4. The van der Waals surface area contributed by atoms with E-state index in [-0.39, 0.29) is 5.91 Å². The molecule has 1 aliphatic heterocycles. The lowest BCUT2D eigenvalue weighted by Crippen LogP contribution is -2.29. The van der Waals surface area contributed by atoms with Gasteiger partial charge in [-0.25, -0.2) is 4.98 Å². The summed E-state index contributed by atoms with van der Waals surface area (Å²) in [7, 11) is 0. The van der Waals surface area contributed by atoms with Gasteiger partial charge >= 0.3 is 0 Å². The molecule has 4 nitrogen and oxygen atoms in total. The van der Waals surface area contributed by atoms with Gasteiger partial charge in [0.1, 0.15) is 4.88 Å². The quantitative estimate of drug-likeness (QED) is 0.660. The zero-order valence-electron chi connectivity index (χ0n) is 13.6. The molecule has 130 valence electrons. The Bertz CT molecular complexity index is 899. The minimum Gasteiger partial charge on any atom is -0.297 e. The smallest absolute Gasteiger partial charge is 0.269 e. The number of piperidine rings is 1. The van der Waals surface area contributed by atoms with Crippen molar-refractivity contribution >= 4 is 55.4 Å². The van der Waals surface area contributed by atoms with Gasteiger partial charge in [0, 0.05) is 22.0 Å². The summed E-state index contributed by atoms with van der Waals surface area (Å²) in [5.41, 5.74) is 1.02. The highest BCUT2D eigenvalue weighted by Gasteiger charge is 2.18. The van der Waals surface area contributed by atoms with Crippen molar-refractivity contribution in [3.63, 3.8) is 0 Å². The van der Waals surface area contributed by atoms with Gasteiger partial charge in [0.25, 0.3) is 5.91 Å². The molecule has 0 atom stereocenters. The molecule has 25 heavy (non-hydrogen) atoms. The van der Waals surface area contributed by atoms with Crippen LogP contribution in [0.5, 0.6) is 0 Å². The van der Waals surface area contributed by atoms with Crippen molar-refractivity contribution in [3.05, 3.63) is 45.2 Å². The van der Waals surface area contributed by atoms with Gasteiger partial charge in [0.2, 0.25) is 0 Å². The summed E-state index contributed by atoms with van der Waals surface area (Å²) in [6.07, 6.45) is 3.85. The lowest BCUT2D eigenvalue weighted by atomic mass is 10.1.